The van der Waals surface area contributed by atoms with E-state index < -0.39 is 0 Å². The van der Waals surface area contributed by atoms with Gasteiger partial charge in [0.25, 0.3) is 0 Å². The third-order valence-corrected chi connectivity index (χ3v) is 4.73. The fraction of sp³-hybridized carbons (Fsp3) is 0.0526. The van der Waals surface area contributed by atoms with Gasteiger partial charge >= 0.3 is 0 Å². The van der Waals surface area contributed by atoms with E-state index >= 15 is 0 Å². The summed E-state index contributed by atoms with van der Waals surface area (Å²) in [6.45, 7) is 0. The van der Waals surface area contributed by atoms with E-state index in [1.807, 2.05) is 18.2 Å². The summed E-state index contributed by atoms with van der Waals surface area (Å²) in [4.78, 5) is 0. The number of halogens is 2. The number of benzene rings is 3. The molecule has 1 heterocycles. The summed E-state index contributed by atoms with van der Waals surface area (Å²) in [6, 6.07) is 19.5. The van der Waals surface area contributed by atoms with Crippen LogP contribution in [0.2, 0.25) is 10.0 Å². The number of aromatic nitrogens is 4. The normalized spacial score (nSPS) is 11.3. The van der Waals surface area contributed by atoms with Crippen LogP contribution in [0.15, 0.2) is 65.8 Å². The molecule has 8 heteroatoms. The number of fused-ring (bicyclic) bond motifs is 1. The van der Waals surface area contributed by atoms with Crippen molar-refractivity contribution in [2.24, 2.45) is 5.10 Å². The number of nitrogens with one attached hydrogen (secondary N) is 1. The second-order valence-corrected chi connectivity index (χ2v) is 6.61. The van der Waals surface area contributed by atoms with Gasteiger partial charge in [0.2, 0.25) is 0 Å². The molecule has 0 saturated carbocycles. The van der Waals surface area contributed by atoms with Gasteiger partial charge in [-0.3, -0.25) is 5.43 Å². The second kappa shape index (κ2) is 7.73. The van der Waals surface area contributed by atoms with Crippen molar-refractivity contribution in [1.29, 1.82) is 0 Å². The fourth-order valence-electron chi connectivity index (χ4n) is 2.66. The third-order valence-electron chi connectivity index (χ3n) is 3.99. The lowest BCUT2D eigenvalue weighted by molar-refractivity contribution is 0.777. The van der Waals surface area contributed by atoms with Gasteiger partial charge in [0, 0.05) is 12.6 Å². The number of rotatable bonds is 5. The summed E-state index contributed by atoms with van der Waals surface area (Å²) < 4.78 is 1.71. The molecule has 0 unspecified atom stereocenters. The lowest BCUT2D eigenvalue weighted by atomic mass is 10.1. The van der Waals surface area contributed by atoms with Crippen LogP contribution in [-0.4, -0.2) is 26.4 Å². The van der Waals surface area contributed by atoms with Crippen LogP contribution in [0.5, 0.6) is 0 Å². The maximum Gasteiger partial charge on any atom is 0.162 e. The summed E-state index contributed by atoms with van der Waals surface area (Å²) >= 11 is 11.9. The number of nitrogens with zero attached hydrogens (tertiary/aromatic N) is 5. The van der Waals surface area contributed by atoms with E-state index in [4.69, 9.17) is 23.2 Å². The molecule has 0 aliphatic carbocycles. The van der Waals surface area contributed by atoms with E-state index in [-0.39, 0.29) is 0 Å². The fourth-order valence-corrected chi connectivity index (χ4v) is 2.95. The summed E-state index contributed by atoms with van der Waals surface area (Å²) in [5.74, 6) is 0.685. The van der Waals surface area contributed by atoms with Crippen molar-refractivity contribution >= 4 is 45.9 Å². The van der Waals surface area contributed by atoms with E-state index in [1.165, 1.54) is 5.39 Å². The van der Waals surface area contributed by atoms with E-state index in [9.17, 15) is 0 Å². The maximum atomic E-state index is 5.98. The van der Waals surface area contributed by atoms with Crippen molar-refractivity contribution in [2.45, 2.75) is 6.42 Å². The Morgan fingerprint density at radius 3 is 2.67 bits per heavy atom. The molecule has 0 radical (unpaired) electrons. The quantitative estimate of drug-likeness (QED) is 0.389. The number of anilines is 1. The minimum atomic E-state index is 0.466. The standard InChI is InChI=1S/C19H14Cl2N6/c20-17-8-6-15(12-18(17)21)23-22-10-9-19-24-25-26-27(19)16-7-5-13-3-1-2-4-14(13)11-16/h1-8,10-12,23H,9H2/b22-10-. The molecule has 0 saturated heterocycles. The zero-order valence-corrected chi connectivity index (χ0v) is 15.6. The van der Waals surface area contributed by atoms with Crippen molar-refractivity contribution < 1.29 is 0 Å². The minimum Gasteiger partial charge on any atom is -0.279 e. The van der Waals surface area contributed by atoms with Crippen molar-refractivity contribution in [3.05, 3.63) is 76.5 Å². The highest BCUT2D eigenvalue weighted by Crippen LogP contribution is 2.25. The molecule has 0 atom stereocenters. The Bertz CT molecular complexity index is 1120. The van der Waals surface area contributed by atoms with Crippen LogP contribution in [0.1, 0.15) is 5.82 Å². The first-order chi connectivity index (χ1) is 13.2. The van der Waals surface area contributed by atoms with Gasteiger partial charge in [0.15, 0.2) is 5.82 Å². The first kappa shape index (κ1) is 17.5. The lowest BCUT2D eigenvalue weighted by Crippen LogP contribution is -2.04. The van der Waals surface area contributed by atoms with Gasteiger partial charge in [-0.05, 0) is 51.5 Å². The van der Waals surface area contributed by atoms with Crippen LogP contribution in [0.4, 0.5) is 5.69 Å². The molecule has 6 nitrogen and oxygen atoms in total. The highest BCUT2D eigenvalue weighted by Gasteiger charge is 2.07. The first-order valence-electron chi connectivity index (χ1n) is 8.20. The topological polar surface area (TPSA) is 68.0 Å². The monoisotopic (exact) mass is 396 g/mol. The predicted octanol–water partition coefficient (Wildman–Crippen LogP) is 4.76. The number of hydrogen-bond donors (Lipinski definition) is 1. The Hall–Kier alpha value is -2.96. The molecule has 0 aliphatic rings. The highest BCUT2D eigenvalue weighted by atomic mass is 35.5. The van der Waals surface area contributed by atoms with Crippen LogP contribution < -0.4 is 5.43 Å². The minimum absolute atomic E-state index is 0.466. The van der Waals surface area contributed by atoms with Crippen LogP contribution in [0.25, 0.3) is 16.5 Å². The van der Waals surface area contributed by atoms with Crippen molar-refractivity contribution in [3.63, 3.8) is 0 Å². The summed E-state index contributed by atoms with van der Waals surface area (Å²) in [5.41, 5.74) is 4.55. The molecule has 0 spiro atoms. The van der Waals surface area contributed by atoms with Crippen LogP contribution in [0.3, 0.4) is 0 Å². The molecule has 0 fully saturated rings. The largest absolute Gasteiger partial charge is 0.279 e. The van der Waals surface area contributed by atoms with Crippen LogP contribution >= 0.6 is 23.2 Å². The molecule has 0 amide bonds. The SMILES string of the molecule is Clc1ccc(N/N=C\Cc2nnnn2-c2ccc3ccccc3c2)cc1Cl. The maximum absolute atomic E-state index is 5.98. The van der Waals surface area contributed by atoms with Crippen molar-refractivity contribution in [3.8, 4) is 5.69 Å². The average Bonchev–Trinajstić information content (AvgIpc) is 3.16. The summed E-state index contributed by atoms with van der Waals surface area (Å²) in [5, 5.41) is 19.4. The highest BCUT2D eigenvalue weighted by molar-refractivity contribution is 6.42. The van der Waals surface area contributed by atoms with Gasteiger partial charge in [-0.15, -0.1) is 5.10 Å². The molecule has 27 heavy (non-hydrogen) atoms. The Balaban J connectivity index is 1.49. The number of hydrazone groups is 1. The smallest absolute Gasteiger partial charge is 0.162 e. The molecular formula is C19H14Cl2N6. The Morgan fingerprint density at radius 2 is 1.81 bits per heavy atom. The molecule has 3 aromatic carbocycles. The predicted molar refractivity (Wildman–Crippen MR) is 109 cm³/mol. The number of hydrogen-bond acceptors (Lipinski definition) is 5. The Kier molecular flexibility index (Phi) is 5.00. The second-order valence-electron chi connectivity index (χ2n) is 5.79. The molecule has 4 aromatic rings. The van der Waals surface area contributed by atoms with Gasteiger partial charge < -0.3 is 0 Å². The molecule has 134 valence electrons. The third kappa shape index (κ3) is 3.92. The van der Waals surface area contributed by atoms with E-state index in [2.05, 4.69) is 50.3 Å². The average molecular weight is 397 g/mol. The molecular weight excluding hydrogens is 383 g/mol. The Labute approximate surface area is 165 Å². The van der Waals surface area contributed by atoms with E-state index in [0.717, 1.165) is 16.8 Å². The molecule has 1 N–H and O–H groups in total. The van der Waals surface area contributed by atoms with Gasteiger partial charge in [0.1, 0.15) is 0 Å². The Morgan fingerprint density at radius 1 is 0.963 bits per heavy atom. The molecule has 0 aliphatic heterocycles. The van der Waals surface area contributed by atoms with E-state index in [1.54, 1.807) is 29.1 Å². The summed E-state index contributed by atoms with van der Waals surface area (Å²) in [6.07, 6.45) is 2.17. The number of tetrazole rings is 1. The summed E-state index contributed by atoms with van der Waals surface area (Å²) in [7, 11) is 0. The zero-order chi connectivity index (χ0) is 18.6. The van der Waals surface area contributed by atoms with Crippen molar-refractivity contribution in [1.82, 2.24) is 20.2 Å². The first-order valence-corrected chi connectivity index (χ1v) is 8.95. The molecule has 0 bridgehead atoms. The van der Waals surface area contributed by atoms with Gasteiger partial charge in [-0.1, -0.05) is 53.5 Å². The van der Waals surface area contributed by atoms with Gasteiger partial charge in [-0.2, -0.15) is 9.78 Å². The lowest BCUT2D eigenvalue weighted by Gasteiger charge is -2.05. The van der Waals surface area contributed by atoms with Gasteiger partial charge in [-0.25, -0.2) is 0 Å². The van der Waals surface area contributed by atoms with Crippen LogP contribution in [-0.2, 0) is 6.42 Å². The van der Waals surface area contributed by atoms with E-state index in [0.29, 0.717) is 22.3 Å². The van der Waals surface area contributed by atoms with Crippen LogP contribution in [0, 0.1) is 0 Å². The molecule has 1 aromatic heterocycles. The van der Waals surface area contributed by atoms with Gasteiger partial charge in [0.05, 0.1) is 21.4 Å². The molecule has 4 rings (SSSR count). The van der Waals surface area contributed by atoms with Crippen molar-refractivity contribution in [2.75, 3.05) is 5.43 Å². The zero-order valence-electron chi connectivity index (χ0n) is 14.0.